The summed E-state index contributed by atoms with van der Waals surface area (Å²) in [5.41, 5.74) is -3.89. The van der Waals surface area contributed by atoms with E-state index in [1.54, 1.807) is 0 Å². The lowest BCUT2D eigenvalue weighted by atomic mass is 9.72. The third-order valence-corrected chi connectivity index (χ3v) is 11.2. The molecule has 3 aliphatic rings. The maximum Gasteiger partial charge on any atom is 0.426 e. The minimum absolute atomic E-state index is 0.0741. The Morgan fingerprint density at radius 2 is 1.65 bits per heavy atom. The number of carbonyl (C=O) groups is 1. The van der Waals surface area contributed by atoms with Crippen molar-refractivity contribution in [1.82, 2.24) is 5.32 Å². The highest BCUT2D eigenvalue weighted by Gasteiger charge is 2.62. The van der Waals surface area contributed by atoms with Crippen LogP contribution in [-0.2, 0) is 31.5 Å². The average Bonchev–Trinajstić information content (AvgIpc) is 3.39. The molecule has 2 fully saturated rings. The number of fused-ring (bicyclic) bond motifs is 3. The van der Waals surface area contributed by atoms with Crippen LogP contribution in [0.15, 0.2) is 47.4 Å². The zero-order valence-corrected chi connectivity index (χ0v) is 21.3. The van der Waals surface area contributed by atoms with Crippen LogP contribution >= 0.6 is 0 Å². The molecule has 1 amide bonds. The smallest absolute Gasteiger partial charge is 0.351 e. The van der Waals surface area contributed by atoms with E-state index >= 15 is 0 Å². The number of halogens is 5. The molecule has 200 valence electrons. The SMILES string of the molecule is CC1(NC(=O)[C@@H]2CC[C@@]3(S(=O)(=O)c4ccc(F)cc4)c4ccc(C(C)(F)C(F)(F)F)cc4CC[C@@H]23)CC1. The molecule has 2 aromatic carbocycles. The van der Waals surface area contributed by atoms with Crippen LogP contribution in [0.25, 0.3) is 0 Å². The third kappa shape index (κ3) is 3.97. The fourth-order valence-corrected chi connectivity index (χ4v) is 8.62. The Morgan fingerprint density at radius 3 is 2.24 bits per heavy atom. The van der Waals surface area contributed by atoms with E-state index < -0.39 is 49.6 Å². The molecule has 2 aromatic rings. The number of alkyl halides is 4. The lowest BCUT2D eigenvalue weighted by Crippen LogP contribution is -2.48. The molecule has 0 spiro atoms. The van der Waals surface area contributed by atoms with Crippen LogP contribution in [0.5, 0.6) is 0 Å². The molecule has 0 radical (unpaired) electrons. The average molecular weight is 542 g/mol. The zero-order valence-electron chi connectivity index (χ0n) is 20.5. The van der Waals surface area contributed by atoms with E-state index in [-0.39, 0.29) is 42.0 Å². The first-order valence-electron chi connectivity index (χ1n) is 12.3. The normalized spacial score (nSPS) is 28.1. The molecule has 0 heterocycles. The molecule has 0 aromatic heterocycles. The molecule has 3 aliphatic carbocycles. The fourth-order valence-electron chi connectivity index (χ4n) is 6.15. The van der Waals surface area contributed by atoms with Crippen LogP contribution in [0.4, 0.5) is 22.0 Å². The minimum Gasteiger partial charge on any atom is -0.351 e. The Labute approximate surface area is 212 Å². The summed E-state index contributed by atoms with van der Waals surface area (Å²) < 4.78 is 95.6. The monoisotopic (exact) mass is 541 g/mol. The van der Waals surface area contributed by atoms with Crippen molar-refractivity contribution in [2.75, 3.05) is 0 Å². The van der Waals surface area contributed by atoms with Gasteiger partial charge < -0.3 is 5.32 Å². The summed E-state index contributed by atoms with van der Waals surface area (Å²) in [4.78, 5) is 13.2. The van der Waals surface area contributed by atoms with Crippen molar-refractivity contribution in [3.05, 3.63) is 65.0 Å². The van der Waals surface area contributed by atoms with Gasteiger partial charge in [0.15, 0.2) is 9.84 Å². The van der Waals surface area contributed by atoms with Crippen molar-refractivity contribution in [2.45, 2.75) is 79.4 Å². The van der Waals surface area contributed by atoms with Gasteiger partial charge in [-0.05, 0) is 99.2 Å². The number of amides is 1. The van der Waals surface area contributed by atoms with Gasteiger partial charge in [-0.2, -0.15) is 13.2 Å². The molecule has 0 saturated heterocycles. The third-order valence-electron chi connectivity index (χ3n) is 8.64. The van der Waals surface area contributed by atoms with E-state index in [0.717, 1.165) is 37.1 Å². The second-order valence-electron chi connectivity index (χ2n) is 11.1. The second-order valence-corrected chi connectivity index (χ2v) is 13.3. The predicted octanol–water partition coefficient (Wildman–Crippen LogP) is 5.88. The quantitative estimate of drug-likeness (QED) is 0.380. The van der Waals surface area contributed by atoms with Crippen LogP contribution in [0.2, 0.25) is 0 Å². The highest BCUT2D eigenvalue weighted by atomic mass is 32.2. The number of benzene rings is 2. The molecule has 4 nitrogen and oxygen atoms in total. The molecule has 37 heavy (non-hydrogen) atoms. The highest BCUT2D eigenvalue weighted by Crippen LogP contribution is 2.60. The standard InChI is InChI=1S/C27H28F5NO3S/c1-24(13-14-24)33-23(34)20-11-12-26(37(35,36)19-7-5-18(28)6-8-19)21-10-4-17(25(2,29)27(30,31)32)15-16(21)3-9-22(20)26/h4-8,10,15,20,22H,3,9,11-14H2,1-2H3,(H,33,34)/t20-,22+,25?,26-/m1/s1. The summed E-state index contributed by atoms with van der Waals surface area (Å²) in [6.07, 6.45) is -2.68. The van der Waals surface area contributed by atoms with Crippen LogP contribution < -0.4 is 5.32 Å². The Hall–Kier alpha value is -2.49. The van der Waals surface area contributed by atoms with Gasteiger partial charge in [0.1, 0.15) is 10.6 Å². The van der Waals surface area contributed by atoms with E-state index in [2.05, 4.69) is 5.32 Å². The number of sulfone groups is 1. The molecule has 0 bridgehead atoms. The largest absolute Gasteiger partial charge is 0.426 e. The Kier molecular flexibility index (Phi) is 5.83. The topological polar surface area (TPSA) is 63.2 Å². The number of carbonyl (C=O) groups excluding carboxylic acids is 1. The van der Waals surface area contributed by atoms with Gasteiger partial charge in [-0.3, -0.25) is 4.79 Å². The van der Waals surface area contributed by atoms with Gasteiger partial charge in [-0.1, -0.05) is 18.2 Å². The Bertz CT molecular complexity index is 1350. The van der Waals surface area contributed by atoms with E-state index in [9.17, 15) is 35.2 Å². The number of aryl methyl sites for hydroxylation is 1. The maximum atomic E-state index is 14.8. The molecule has 2 saturated carbocycles. The van der Waals surface area contributed by atoms with Gasteiger partial charge >= 0.3 is 6.18 Å². The number of hydrogen-bond donors (Lipinski definition) is 1. The van der Waals surface area contributed by atoms with Crippen LogP contribution in [-0.4, -0.2) is 26.0 Å². The maximum absolute atomic E-state index is 14.8. The van der Waals surface area contributed by atoms with Crippen molar-refractivity contribution in [1.29, 1.82) is 0 Å². The summed E-state index contributed by atoms with van der Waals surface area (Å²) in [6.45, 7) is 2.37. The molecule has 4 atom stereocenters. The first-order chi connectivity index (χ1) is 17.1. The highest BCUT2D eigenvalue weighted by molar-refractivity contribution is 7.92. The lowest BCUT2D eigenvalue weighted by molar-refractivity contribution is -0.228. The molecule has 10 heteroatoms. The van der Waals surface area contributed by atoms with Gasteiger partial charge in [0.25, 0.3) is 0 Å². The minimum atomic E-state index is -5.15. The summed E-state index contributed by atoms with van der Waals surface area (Å²) in [5.74, 6) is -2.09. The first kappa shape index (κ1) is 26.1. The lowest BCUT2D eigenvalue weighted by Gasteiger charge is -2.42. The Morgan fingerprint density at radius 1 is 1.00 bits per heavy atom. The van der Waals surface area contributed by atoms with Crippen LogP contribution in [0.1, 0.15) is 62.6 Å². The second kappa shape index (κ2) is 8.25. The predicted molar refractivity (Wildman–Crippen MR) is 127 cm³/mol. The fraction of sp³-hybridized carbons (Fsp3) is 0.519. The summed E-state index contributed by atoms with van der Waals surface area (Å²) >= 11 is 0. The van der Waals surface area contributed by atoms with Crippen LogP contribution in [0, 0.1) is 17.7 Å². The molecule has 1 N–H and O–H groups in total. The van der Waals surface area contributed by atoms with Crippen molar-refractivity contribution in [3.8, 4) is 0 Å². The van der Waals surface area contributed by atoms with Gasteiger partial charge in [-0.25, -0.2) is 17.2 Å². The van der Waals surface area contributed by atoms with Crippen molar-refractivity contribution in [3.63, 3.8) is 0 Å². The number of nitrogens with one attached hydrogen (secondary N) is 1. The molecular formula is C27H28F5NO3S. The van der Waals surface area contributed by atoms with Crippen molar-refractivity contribution in [2.24, 2.45) is 11.8 Å². The van der Waals surface area contributed by atoms with E-state index in [1.807, 2.05) is 6.92 Å². The molecule has 0 aliphatic heterocycles. The van der Waals surface area contributed by atoms with E-state index in [4.69, 9.17) is 0 Å². The molecule has 5 rings (SSSR count). The Balaban J connectivity index is 1.65. The number of rotatable bonds is 5. The van der Waals surface area contributed by atoms with Gasteiger partial charge in [0.05, 0.1) is 4.90 Å². The summed E-state index contributed by atoms with van der Waals surface area (Å²) in [6, 6.07) is 7.80. The van der Waals surface area contributed by atoms with E-state index in [0.29, 0.717) is 18.1 Å². The van der Waals surface area contributed by atoms with Gasteiger partial charge in [0, 0.05) is 11.5 Å². The van der Waals surface area contributed by atoms with Crippen molar-refractivity contribution >= 4 is 15.7 Å². The molecular weight excluding hydrogens is 513 g/mol. The molecule has 1 unspecified atom stereocenters. The van der Waals surface area contributed by atoms with Gasteiger partial charge in [0.2, 0.25) is 11.6 Å². The summed E-state index contributed by atoms with van der Waals surface area (Å²) in [7, 11) is -4.22. The number of hydrogen-bond acceptors (Lipinski definition) is 3. The van der Waals surface area contributed by atoms with E-state index in [1.165, 1.54) is 18.2 Å². The zero-order chi connectivity index (χ0) is 27.0. The summed E-state index contributed by atoms with van der Waals surface area (Å²) in [5, 5.41) is 3.03. The van der Waals surface area contributed by atoms with Gasteiger partial charge in [-0.15, -0.1) is 0 Å². The van der Waals surface area contributed by atoms with Crippen molar-refractivity contribution < 1.29 is 35.2 Å². The first-order valence-corrected chi connectivity index (χ1v) is 13.8. The van der Waals surface area contributed by atoms with Crippen LogP contribution in [0.3, 0.4) is 0 Å².